The van der Waals surface area contributed by atoms with Gasteiger partial charge in [-0.2, -0.15) is 0 Å². The monoisotopic (exact) mass is 285 g/mol. The van der Waals surface area contributed by atoms with E-state index in [2.05, 4.69) is 5.32 Å². The summed E-state index contributed by atoms with van der Waals surface area (Å²) in [7, 11) is 3.43. The van der Waals surface area contributed by atoms with Crippen molar-refractivity contribution in [3.05, 3.63) is 23.2 Å². The normalized spacial score (nSPS) is 10.6. The molecule has 0 unspecified atom stereocenters. The fourth-order valence-electron chi connectivity index (χ4n) is 1.63. The Morgan fingerprint density at radius 2 is 2.26 bits per heavy atom. The summed E-state index contributed by atoms with van der Waals surface area (Å²) in [6.07, 6.45) is 0.873. The van der Waals surface area contributed by atoms with E-state index in [9.17, 15) is 4.79 Å². The van der Waals surface area contributed by atoms with Crippen molar-refractivity contribution in [1.29, 1.82) is 0 Å². The lowest BCUT2D eigenvalue weighted by Crippen LogP contribution is -2.31. The number of carbonyl (C=O) groups excluding carboxylic acids is 1. The average Bonchev–Trinajstić information content (AvgIpc) is 2.36. The number of rotatable bonds is 7. The molecular formula is C13H20ClN3O2. The van der Waals surface area contributed by atoms with Crippen LogP contribution in [0.3, 0.4) is 0 Å². The summed E-state index contributed by atoms with van der Waals surface area (Å²) in [5, 5.41) is 3.26. The van der Waals surface area contributed by atoms with Crippen LogP contribution in [0.25, 0.3) is 0 Å². The van der Waals surface area contributed by atoms with Gasteiger partial charge in [0.15, 0.2) is 0 Å². The Balaban J connectivity index is 2.50. The minimum Gasteiger partial charge on any atom is -0.495 e. The van der Waals surface area contributed by atoms with Gasteiger partial charge in [-0.05, 0) is 44.8 Å². The molecule has 3 N–H and O–H groups in total. The molecule has 0 atom stereocenters. The van der Waals surface area contributed by atoms with E-state index in [4.69, 9.17) is 22.1 Å². The molecule has 6 heteroatoms. The molecule has 1 aromatic rings. The lowest BCUT2D eigenvalue weighted by molar-refractivity contribution is -0.117. The van der Waals surface area contributed by atoms with Crippen molar-refractivity contribution in [3.8, 4) is 5.75 Å². The van der Waals surface area contributed by atoms with Crippen molar-refractivity contribution < 1.29 is 9.53 Å². The van der Waals surface area contributed by atoms with Crippen LogP contribution in [0.2, 0.25) is 5.02 Å². The number of halogens is 1. The largest absolute Gasteiger partial charge is 0.495 e. The first-order chi connectivity index (χ1) is 9.06. The molecule has 106 valence electrons. The van der Waals surface area contributed by atoms with E-state index in [1.54, 1.807) is 25.3 Å². The Labute approximate surface area is 118 Å². The van der Waals surface area contributed by atoms with Crippen molar-refractivity contribution in [1.82, 2.24) is 4.90 Å². The summed E-state index contributed by atoms with van der Waals surface area (Å²) >= 11 is 5.99. The van der Waals surface area contributed by atoms with Gasteiger partial charge in [-0.1, -0.05) is 11.6 Å². The Bertz CT molecular complexity index is 426. The maximum absolute atomic E-state index is 11.8. The predicted molar refractivity (Wildman–Crippen MR) is 77.8 cm³/mol. The highest BCUT2D eigenvalue weighted by Gasteiger charge is 2.08. The van der Waals surface area contributed by atoms with E-state index in [1.165, 1.54) is 0 Å². The van der Waals surface area contributed by atoms with Crippen molar-refractivity contribution in [2.75, 3.05) is 39.1 Å². The first-order valence-electron chi connectivity index (χ1n) is 6.08. The lowest BCUT2D eigenvalue weighted by atomic mass is 10.3. The van der Waals surface area contributed by atoms with Gasteiger partial charge in [0.05, 0.1) is 18.7 Å². The summed E-state index contributed by atoms with van der Waals surface area (Å²) < 4.78 is 5.05. The number of nitrogens with two attached hydrogens (primary N) is 1. The van der Waals surface area contributed by atoms with Gasteiger partial charge >= 0.3 is 0 Å². The molecule has 0 aliphatic carbocycles. The molecule has 5 nitrogen and oxygen atoms in total. The highest BCUT2D eigenvalue weighted by atomic mass is 35.5. The van der Waals surface area contributed by atoms with Crippen LogP contribution in [0, 0.1) is 0 Å². The zero-order valence-corrected chi connectivity index (χ0v) is 12.0. The topological polar surface area (TPSA) is 67.6 Å². The first kappa shape index (κ1) is 15.8. The number of benzene rings is 1. The fraction of sp³-hybridized carbons (Fsp3) is 0.462. The second kappa shape index (κ2) is 7.99. The van der Waals surface area contributed by atoms with Crippen LogP contribution < -0.4 is 15.8 Å². The maximum Gasteiger partial charge on any atom is 0.238 e. The van der Waals surface area contributed by atoms with Crippen LogP contribution in [0.4, 0.5) is 5.69 Å². The summed E-state index contributed by atoms with van der Waals surface area (Å²) in [6, 6.07) is 5.14. The third kappa shape index (κ3) is 5.46. The van der Waals surface area contributed by atoms with E-state index in [0.29, 0.717) is 29.5 Å². The first-order valence-corrected chi connectivity index (χ1v) is 6.46. The number of carbonyl (C=O) groups is 1. The molecule has 0 bridgehead atoms. The van der Waals surface area contributed by atoms with Crippen LogP contribution in [0.5, 0.6) is 5.75 Å². The predicted octanol–water partition coefficient (Wildman–Crippen LogP) is 1.57. The number of ether oxygens (including phenoxy) is 1. The zero-order chi connectivity index (χ0) is 14.3. The number of anilines is 1. The van der Waals surface area contributed by atoms with Gasteiger partial charge < -0.3 is 15.8 Å². The molecule has 0 saturated carbocycles. The van der Waals surface area contributed by atoms with Crippen LogP contribution in [-0.2, 0) is 4.79 Å². The van der Waals surface area contributed by atoms with Gasteiger partial charge in [0.1, 0.15) is 5.75 Å². The molecule has 1 rings (SSSR count). The molecule has 19 heavy (non-hydrogen) atoms. The Morgan fingerprint density at radius 1 is 1.53 bits per heavy atom. The van der Waals surface area contributed by atoms with Crippen LogP contribution in [0.1, 0.15) is 6.42 Å². The van der Waals surface area contributed by atoms with E-state index >= 15 is 0 Å². The number of nitrogens with zero attached hydrogens (tertiary/aromatic N) is 1. The second-order valence-corrected chi connectivity index (χ2v) is 4.68. The molecule has 0 aliphatic heterocycles. The van der Waals surface area contributed by atoms with Crippen LogP contribution in [-0.4, -0.2) is 44.6 Å². The molecule has 0 fully saturated rings. The average molecular weight is 286 g/mol. The van der Waals surface area contributed by atoms with E-state index in [0.717, 1.165) is 13.0 Å². The Morgan fingerprint density at radius 3 is 2.84 bits per heavy atom. The Kier molecular flexibility index (Phi) is 6.62. The number of hydrogen-bond acceptors (Lipinski definition) is 4. The highest BCUT2D eigenvalue weighted by Crippen LogP contribution is 2.27. The van der Waals surface area contributed by atoms with Gasteiger partial charge in [0.25, 0.3) is 0 Å². The number of amides is 1. The fourth-order valence-corrected chi connectivity index (χ4v) is 1.89. The van der Waals surface area contributed by atoms with Crippen LogP contribution in [0.15, 0.2) is 18.2 Å². The second-order valence-electron chi connectivity index (χ2n) is 4.28. The molecule has 0 radical (unpaired) electrons. The maximum atomic E-state index is 11.8. The SMILES string of the molecule is COc1ccc(NC(=O)CN(C)CCCN)cc1Cl. The van der Waals surface area contributed by atoms with Gasteiger partial charge in [-0.25, -0.2) is 0 Å². The summed E-state index contributed by atoms with van der Waals surface area (Å²) in [5.41, 5.74) is 6.08. The molecule has 0 saturated heterocycles. The van der Waals surface area contributed by atoms with Crippen molar-refractivity contribution in [2.45, 2.75) is 6.42 Å². The smallest absolute Gasteiger partial charge is 0.238 e. The Hall–Kier alpha value is -1.30. The molecule has 0 aliphatic rings. The molecule has 0 spiro atoms. The highest BCUT2D eigenvalue weighted by molar-refractivity contribution is 6.32. The summed E-state index contributed by atoms with van der Waals surface area (Å²) in [5.74, 6) is 0.500. The number of hydrogen-bond donors (Lipinski definition) is 2. The molecule has 1 amide bonds. The standard InChI is InChI=1S/C13H20ClN3O2/c1-17(7-3-6-15)9-13(18)16-10-4-5-12(19-2)11(14)8-10/h4-5,8H,3,6-7,9,15H2,1-2H3,(H,16,18). The number of methoxy groups -OCH3 is 1. The van der Waals surface area contributed by atoms with Gasteiger partial charge in [-0.3, -0.25) is 9.69 Å². The lowest BCUT2D eigenvalue weighted by Gasteiger charge is -2.15. The van der Waals surface area contributed by atoms with E-state index < -0.39 is 0 Å². The van der Waals surface area contributed by atoms with Crippen molar-refractivity contribution in [2.24, 2.45) is 5.73 Å². The minimum absolute atomic E-state index is 0.0826. The number of likely N-dealkylation sites (N-methyl/N-ethyl adjacent to an activating group) is 1. The molecule has 1 aromatic carbocycles. The third-order valence-electron chi connectivity index (χ3n) is 2.59. The molecule has 0 aromatic heterocycles. The van der Waals surface area contributed by atoms with E-state index in [1.807, 2.05) is 11.9 Å². The van der Waals surface area contributed by atoms with Crippen LogP contribution >= 0.6 is 11.6 Å². The van der Waals surface area contributed by atoms with Gasteiger partial charge in [0.2, 0.25) is 5.91 Å². The summed E-state index contributed by atoms with van der Waals surface area (Å²) in [6.45, 7) is 1.75. The van der Waals surface area contributed by atoms with Gasteiger partial charge in [-0.15, -0.1) is 0 Å². The third-order valence-corrected chi connectivity index (χ3v) is 2.89. The van der Waals surface area contributed by atoms with Crippen molar-refractivity contribution in [3.63, 3.8) is 0 Å². The summed E-state index contributed by atoms with van der Waals surface area (Å²) in [4.78, 5) is 13.7. The number of nitrogens with one attached hydrogen (secondary N) is 1. The van der Waals surface area contributed by atoms with E-state index in [-0.39, 0.29) is 5.91 Å². The molecular weight excluding hydrogens is 266 g/mol. The minimum atomic E-state index is -0.0826. The van der Waals surface area contributed by atoms with Gasteiger partial charge in [0, 0.05) is 5.69 Å². The zero-order valence-electron chi connectivity index (χ0n) is 11.3. The quantitative estimate of drug-likeness (QED) is 0.798. The molecule has 0 heterocycles. The van der Waals surface area contributed by atoms with Crippen molar-refractivity contribution >= 4 is 23.2 Å².